The van der Waals surface area contributed by atoms with Gasteiger partial charge in [-0.3, -0.25) is 15.0 Å². The molecule has 88 valence electrons. The molecule has 2 aromatic rings. The second-order valence-corrected chi connectivity index (χ2v) is 4.79. The molecule has 1 aliphatic rings. The Morgan fingerprint density at radius 3 is 2.89 bits per heavy atom. The third kappa shape index (κ3) is 2.11. The molecular weight excluding hydrogens is 290 g/mol. The van der Waals surface area contributed by atoms with Crippen LogP contribution in [0.4, 0.5) is 5.69 Å². The van der Waals surface area contributed by atoms with Crippen LogP contribution in [-0.4, -0.2) is 23.5 Å². The molecule has 0 amide bonds. The minimum atomic E-state index is 0.582. The van der Waals surface area contributed by atoms with E-state index in [-0.39, 0.29) is 0 Å². The molecule has 0 radical (unpaired) electrons. The van der Waals surface area contributed by atoms with Crippen molar-refractivity contribution < 1.29 is 0 Å². The number of benzene rings is 1. The molecule has 18 heavy (non-hydrogen) atoms. The molecule has 2 heterocycles. The number of pyridine rings is 1. The van der Waals surface area contributed by atoms with E-state index in [1.807, 2.05) is 42.6 Å². The summed E-state index contributed by atoms with van der Waals surface area (Å²) in [6.45, 7) is 0.582. The predicted molar refractivity (Wildman–Crippen MR) is 77.0 cm³/mol. The first-order chi connectivity index (χ1) is 8.84. The Kier molecular flexibility index (Phi) is 3.02. The molecule has 4 heteroatoms. The largest absolute Gasteiger partial charge is 0.277 e. The van der Waals surface area contributed by atoms with Crippen molar-refractivity contribution >= 4 is 33.5 Å². The van der Waals surface area contributed by atoms with Crippen LogP contribution < -0.4 is 0 Å². The lowest BCUT2D eigenvalue weighted by molar-refractivity contribution is 1.25. The average Bonchev–Trinajstić information content (AvgIpc) is 2.61. The summed E-state index contributed by atoms with van der Waals surface area (Å²) >= 11 is 3.49. The monoisotopic (exact) mass is 299 g/mol. The number of hydrogen-bond donors (Lipinski definition) is 0. The molecule has 1 aromatic heterocycles. The molecule has 1 aliphatic heterocycles. The molecule has 3 rings (SSSR count). The van der Waals surface area contributed by atoms with E-state index in [0.29, 0.717) is 6.54 Å². The fourth-order valence-electron chi connectivity index (χ4n) is 1.89. The van der Waals surface area contributed by atoms with Gasteiger partial charge in [0.2, 0.25) is 0 Å². The van der Waals surface area contributed by atoms with Crippen molar-refractivity contribution in [2.75, 3.05) is 6.54 Å². The normalized spacial score (nSPS) is 13.7. The van der Waals surface area contributed by atoms with Crippen LogP contribution in [0.1, 0.15) is 11.3 Å². The standard InChI is InChI=1S/C14H10BrN3/c15-10-4-5-12-11(9-10)14(18-8-7-17-12)13-3-1-2-6-16-13/h1-7,9H,8H2. The van der Waals surface area contributed by atoms with Crippen molar-refractivity contribution in [3.8, 4) is 0 Å². The Labute approximate surface area is 113 Å². The maximum atomic E-state index is 4.56. The van der Waals surface area contributed by atoms with Crippen LogP contribution in [0.5, 0.6) is 0 Å². The number of fused-ring (bicyclic) bond motifs is 1. The van der Waals surface area contributed by atoms with Gasteiger partial charge in [0.15, 0.2) is 0 Å². The highest BCUT2D eigenvalue weighted by Gasteiger charge is 2.14. The van der Waals surface area contributed by atoms with E-state index in [2.05, 4.69) is 30.9 Å². The first kappa shape index (κ1) is 11.3. The first-order valence-corrected chi connectivity index (χ1v) is 6.42. The molecule has 0 unspecified atom stereocenters. The molecule has 0 N–H and O–H groups in total. The fourth-order valence-corrected chi connectivity index (χ4v) is 2.25. The summed E-state index contributed by atoms with van der Waals surface area (Å²) in [5.74, 6) is 0. The Morgan fingerprint density at radius 1 is 1.11 bits per heavy atom. The number of halogens is 1. The highest BCUT2D eigenvalue weighted by molar-refractivity contribution is 9.10. The molecule has 0 spiro atoms. The zero-order chi connectivity index (χ0) is 12.4. The molecule has 0 atom stereocenters. The van der Waals surface area contributed by atoms with Crippen LogP contribution in [0.25, 0.3) is 0 Å². The van der Waals surface area contributed by atoms with E-state index < -0.39 is 0 Å². The van der Waals surface area contributed by atoms with E-state index in [1.165, 1.54) is 0 Å². The Hall–Kier alpha value is -1.81. The van der Waals surface area contributed by atoms with Gasteiger partial charge in [-0.05, 0) is 30.3 Å². The van der Waals surface area contributed by atoms with Gasteiger partial charge in [-0.1, -0.05) is 22.0 Å². The molecule has 0 fully saturated rings. The van der Waals surface area contributed by atoms with Crippen LogP contribution >= 0.6 is 15.9 Å². The van der Waals surface area contributed by atoms with Crippen molar-refractivity contribution in [1.82, 2.24) is 4.98 Å². The SMILES string of the molecule is Brc1ccc2c(c1)C(c1ccccn1)=NCC=N2. The molecule has 0 saturated heterocycles. The maximum Gasteiger partial charge on any atom is 0.0929 e. The number of aromatic nitrogens is 1. The minimum absolute atomic E-state index is 0.582. The second kappa shape index (κ2) is 4.82. The lowest BCUT2D eigenvalue weighted by Gasteiger charge is -2.07. The van der Waals surface area contributed by atoms with Crippen LogP contribution in [-0.2, 0) is 0 Å². The zero-order valence-corrected chi connectivity index (χ0v) is 11.1. The summed E-state index contributed by atoms with van der Waals surface area (Å²) in [4.78, 5) is 13.3. The maximum absolute atomic E-state index is 4.56. The minimum Gasteiger partial charge on any atom is -0.277 e. The summed E-state index contributed by atoms with van der Waals surface area (Å²) in [6, 6.07) is 11.8. The molecule has 0 aliphatic carbocycles. The van der Waals surface area contributed by atoms with Crippen LogP contribution in [0.15, 0.2) is 57.1 Å². The summed E-state index contributed by atoms with van der Waals surface area (Å²) in [5.41, 5.74) is 3.71. The van der Waals surface area contributed by atoms with Crippen molar-refractivity contribution in [3.05, 3.63) is 58.3 Å². The molecule has 0 bridgehead atoms. The number of aliphatic imine (C=N–C) groups is 2. The quantitative estimate of drug-likeness (QED) is 0.795. The summed E-state index contributed by atoms with van der Waals surface area (Å²) in [6.07, 6.45) is 3.60. The number of rotatable bonds is 1. The van der Waals surface area contributed by atoms with Gasteiger partial charge in [0.25, 0.3) is 0 Å². The van der Waals surface area contributed by atoms with Crippen molar-refractivity contribution in [2.45, 2.75) is 0 Å². The Balaban J connectivity index is 2.19. The van der Waals surface area contributed by atoms with Gasteiger partial charge in [-0.2, -0.15) is 0 Å². The van der Waals surface area contributed by atoms with Gasteiger partial charge < -0.3 is 0 Å². The van der Waals surface area contributed by atoms with Crippen molar-refractivity contribution in [1.29, 1.82) is 0 Å². The highest BCUT2D eigenvalue weighted by Crippen LogP contribution is 2.27. The lowest BCUT2D eigenvalue weighted by atomic mass is 10.0. The molecule has 3 nitrogen and oxygen atoms in total. The fraction of sp³-hybridized carbons (Fsp3) is 0.0714. The predicted octanol–water partition coefficient (Wildman–Crippen LogP) is 3.40. The van der Waals surface area contributed by atoms with Crippen LogP contribution in [0.2, 0.25) is 0 Å². The van der Waals surface area contributed by atoms with E-state index in [9.17, 15) is 0 Å². The second-order valence-electron chi connectivity index (χ2n) is 3.88. The van der Waals surface area contributed by atoms with Crippen molar-refractivity contribution in [2.24, 2.45) is 9.98 Å². The molecule has 0 saturated carbocycles. The first-order valence-electron chi connectivity index (χ1n) is 5.63. The smallest absolute Gasteiger partial charge is 0.0929 e. The van der Waals surface area contributed by atoms with E-state index in [4.69, 9.17) is 0 Å². The average molecular weight is 300 g/mol. The lowest BCUT2D eigenvalue weighted by Crippen LogP contribution is -2.06. The van der Waals surface area contributed by atoms with E-state index in [0.717, 1.165) is 27.1 Å². The van der Waals surface area contributed by atoms with Gasteiger partial charge in [-0.15, -0.1) is 0 Å². The summed E-state index contributed by atoms with van der Waals surface area (Å²) in [5, 5.41) is 0. The van der Waals surface area contributed by atoms with Crippen LogP contribution in [0, 0.1) is 0 Å². The van der Waals surface area contributed by atoms with Gasteiger partial charge >= 0.3 is 0 Å². The summed E-state index contributed by atoms with van der Waals surface area (Å²) in [7, 11) is 0. The van der Waals surface area contributed by atoms with Gasteiger partial charge in [0.05, 0.1) is 23.6 Å². The molecule has 1 aromatic carbocycles. The van der Waals surface area contributed by atoms with Gasteiger partial charge in [0, 0.05) is 22.4 Å². The third-order valence-electron chi connectivity index (χ3n) is 2.68. The third-order valence-corrected chi connectivity index (χ3v) is 3.18. The molecular formula is C14H10BrN3. The van der Waals surface area contributed by atoms with E-state index >= 15 is 0 Å². The van der Waals surface area contributed by atoms with E-state index in [1.54, 1.807) is 6.20 Å². The number of hydrogen-bond acceptors (Lipinski definition) is 3. The van der Waals surface area contributed by atoms with Crippen LogP contribution in [0.3, 0.4) is 0 Å². The number of nitrogens with zero attached hydrogens (tertiary/aromatic N) is 3. The zero-order valence-electron chi connectivity index (χ0n) is 9.55. The van der Waals surface area contributed by atoms with Crippen molar-refractivity contribution in [3.63, 3.8) is 0 Å². The summed E-state index contributed by atoms with van der Waals surface area (Å²) < 4.78 is 1.02. The highest BCUT2D eigenvalue weighted by atomic mass is 79.9. The topological polar surface area (TPSA) is 37.6 Å². The van der Waals surface area contributed by atoms with Gasteiger partial charge in [-0.25, -0.2) is 0 Å². The van der Waals surface area contributed by atoms with Gasteiger partial charge in [0.1, 0.15) is 0 Å². The Morgan fingerprint density at radius 2 is 2.06 bits per heavy atom. The Bertz CT molecular complexity index is 633.